The number of fused-ring (bicyclic) bond motifs is 1. The summed E-state index contributed by atoms with van der Waals surface area (Å²) < 4.78 is 1.94. The summed E-state index contributed by atoms with van der Waals surface area (Å²) in [5.41, 5.74) is 2.85. The third kappa shape index (κ3) is 1.78. The first-order valence-corrected chi connectivity index (χ1v) is 5.33. The molecule has 1 aromatic carbocycles. The predicted octanol–water partition coefficient (Wildman–Crippen LogP) is 3.33. The number of hydrogen-bond acceptors (Lipinski definition) is 1. The maximum atomic E-state index is 11.9. The lowest BCUT2D eigenvalue weighted by atomic mass is 10.2. The van der Waals surface area contributed by atoms with Gasteiger partial charge in [0.05, 0.1) is 5.69 Å². The van der Waals surface area contributed by atoms with Crippen molar-refractivity contribution in [1.82, 2.24) is 4.57 Å². The van der Waals surface area contributed by atoms with E-state index >= 15 is 0 Å². The molecule has 2 rings (SSSR count). The minimum absolute atomic E-state index is 0.0682. The van der Waals surface area contributed by atoms with Crippen LogP contribution in [0.25, 0.3) is 10.9 Å². The molecule has 0 N–H and O–H groups in total. The van der Waals surface area contributed by atoms with Crippen LogP contribution in [0.5, 0.6) is 0 Å². The second kappa shape index (κ2) is 3.97. The standard InChI is InChI=1S/C14H15NO/c1-10(2)8-14(16)13-9-11-6-4-5-7-12(11)15(13)3/h4-9H,1-3H3. The van der Waals surface area contributed by atoms with Crippen LogP contribution < -0.4 is 0 Å². The molecule has 0 radical (unpaired) electrons. The Balaban J connectivity index is 2.58. The van der Waals surface area contributed by atoms with E-state index < -0.39 is 0 Å². The molecule has 0 aliphatic carbocycles. The van der Waals surface area contributed by atoms with Crippen LogP contribution in [0.15, 0.2) is 42.0 Å². The first kappa shape index (κ1) is 10.7. The Hall–Kier alpha value is -1.83. The van der Waals surface area contributed by atoms with Crippen LogP contribution in [0.1, 0.15) is 24.3 Å². The highest BCUT2D eigenvalue weighted by Gasteiger charge is 2.10. The Labute approximate surface area is 95.2 Å². The van der Waals surface area contributed by atoms with E-state index in [0.717, 1.165) is 22.2 Å². The third-order valence-corrected chi connectivity index (χ3v) is 2.62. The van der Waals surface area contributed by atoms with Crippen molar-refractivity contribution in [2.24, 2.45) is 7.05 Å². The Morgan fingerprint density at radius 1 is 1.25 bits per heavy atom. The quantitative estimate of drug-likeness (QED) is 0.554. The fraction of sp³-hybridized carbons (Fsp3) is 0.214. The highest BCUT2D eigenvalue weighted by atomic mass is 16.1. The molecule has 0 amide bonds. The molecule has 0 saturated heterocycles. The van der Waals surface area contributed by atoms with Gasteiger partial charge in [-0.05, 0) is 32.1 Å². The number of carbonyl (C=O) groups excluding carboxylic acids is 1. The van der Waals surface area contributed by atoms with Crippen molar-refractivity contribution in [1.29, 1.82) is 0 Å². The summed E-state index contributed by atoms with van der Waals surface area (Å²) in [6.45, 7) is 3.86. The van der Waals surface area contributed by atoms with Crippen LogP contribution in [0.2, 0.25) is 0 Å². The van der Waals surface area contributed by atoms with Crippen LogP contribution >= 0.6 is 0 Å². The molecule has 1 heterocycles. The maximum Gasteiger partial charge on any atom is 0.202 e. The zero-order valence-corrected chi connectivity index (χ0v) is 9.82. The van der Waals surface area contributed by atoms with Crippen molar-refractivity contribution < 1.29 is 4.79 Å². The number of ketones is 1. The fourth-order valence-electron chi connectivity index (χ4n) is 1.86. The molecule has 0 atom stereocenters. The van der Waals surface area contributed by atoms with Crippen molar-refractivity contribution >= 4 is 16.7 Å². The number of aryl methyl sites for hydroxylation is 1. The van der Waals surface area contributed by atoms with Gasteiger partial charge in [0.2, 0.25) is 5.78 Å². The number of allylic oxidation sites excluding steroid dienone is 2. The first-order chi connectivity index (χ1) is 7.59. The number of para-hydroxylation sites is 1. The zero-order chi connectivity index (χ0) is 11.7. The lowest BCUT2D eigenvalue weighted by Crippen LogP contribution is -2.02. The minimum atomic E-state index is 0.0682. The highest BCUT2D eigenvalue weighted by Crippen LogP contribution is 2.19. The second-order valence-electron chi connectivity index (χ2n) is 4.23. The van der Waals surface area contributed by atoms with Gasteiger partial charge in [-0.1, -0.05) is 23.8 Å². The highest BCUT2D eigenvalue weighted by molar-refractivity contribution is 6.06. The Morgan fingerprint density at radius 3 is 2.56 bits per heavy atom. The molecule has 2 heteroatoms. The fourth-order valence-corrected chi connectivity index (χ4v) is 1.86. The Morgan fingerprint density at radius 2 is 1.94 bits per heavy atom. The predicted molar refractivity (Wildman–Crippen MR) is 66.7 cm³/mol. The van der Waals surface area contributed by atoms with Gasteiger partial charge in [-0.25, -0.2) is 0 Å². The van der Waals surface area contributed by atoms with Gasteiger partial charge in [-0.2, -0.15) is 0 Å². The zero-order valence-electron chi connectivity index (χ0n) is 9.82. The summed E-state index contributed by atoms with van der Waals surface area (Å²) in [6.07, 6.45) is 1.67. The molecule has 0 unspecified atom stereocenters. The summed E-state index contributed by atoms with van der Waals surface area (Å²) in [5, 5.41) is 1.11. The lowest BCUT2D eigenvalue weighted by molar-refractivity contribution is 0.103. The number of rotatable bonds is 2. The van der Waals surface area contributed by atoms with Crippen molar-refractivity contribution in [2.45, 2.75) is 13.8 Å². The summed E-state index contributed by atoms with van der Waals surface area (Å²) >= 11 is 0. The smallest absolute Gasteiger partial charge is 0.202 e. The van der Waals surface area contributed by atoms with E-state index in [9.17, 15) is 4.79 Å². The van der Waals surface area contributed by atoms with Gasteiger partial charge < -0.3 is 4.57 Å². The summed E-state index contributed by atoms with van der Waals surface area (Å²) in [7, 11) is 1.92. The summed E-state index contributed by atoms with van der Waals surface area (Å²) in [4.78, 5) is 11.9. The van der Waals surface area contributed by atoms with Crippen LogP contribution in [0, 0.1) is 0 Å². The molecule has 16 heavy (non-hydrogen) atoms. The molecule has 0 saturated carbocycles. The average molecular weight is 213 g/mol. The van der Waals surface area contributed by atoms with Crippen LogP contribution in [-0.2, 0) is 7.05 Å². The van der Waals surface area contributed by atoms with E-state index in [4.69, 9.17) is 0 Å². The minimum Gasteiger partial charge on any atom is -0.341 e. The SMILES string of the molecule is CC(C)=CC(=O)c1cc2ccccc2n1C. The van der Waals surface area contributed by atoms with E-state index in [0.29, 0.717) is 0 Å². The van der Waals surface area contributed by atoms with Gasteiger partial charge >= 0.3 is 0 Å². The van der Waals surface area contributed by atoms with Gasteiger partial charge in [0, 0.05) is 18.0 Å². The van der Waals surface area contributed by atoms with Gasteiger partial charge in [0.15, 0.2) is 0 Å². The number of benzene rings is 1. The molecule has 1 aromatic heterocycles. The normalized spacial score (nSPS) is 10.4. The van der Waals surface area contributed by atoms with Gasteiger partial charge in [0.25, 0.3) is 0 Å². The molecule has 0 fully saturated rings. The van der Waals surface area contributed by atoms with E-state index in [-0.39, 0.29) is 5.78 Å². The molecular weight excluding hydrogens is 198 g/mol. The van der Waals surface area contributed by atoms with Gasteiger partial charge in [0.1, 0.15) is 0 Å². The number of hydrogen-bond donors (Lipinski definition) is 0. The third-order valence-electron chi connectivity index (χ3n) is 2.62. The molecule has 2 aromatic rings. The molecule has 82 valence electrons. The number of nitrogens with zero attached hydrogens (tertiary/aromatic N) is 1. The maximum absolute atomic E-state index is 11.9. The van der Waals surface area contributed by atoms with E-state index in [1.165, 1.54) is 0 Å². The molecule has 0 bridgehead atoms. The molecular formula is C14H15NO. The van der Waals surface area contributed by atoms with E-state index in [2.05, 4.69) is 0 Å². The van der Waals surface area contributed by atoms with Gasteiger partial charge in [-0.15, -0.1) is 0 Å². The summed E-state index contributed by atoms with van der Waals surface area (Å²) in [6, 6.07) is 9.95. The second-order valence-corrected chi connectivity index (χ2v) is 4.23. The van der Waals surface area contributed by atoms with Crippen LogP contribution in [-0.4, -0.2) is 10.4 Å². The lowest BCUT2D eigenvalue weighted by Gasteiger charge is -2.00. The van der Waals surface area contributed by atoms with Crippen molar-refractivity contribution in [3.8, 4) is 0 Å². The van der Waals surface area contributed by atoms with Crippen LogP contribution in [0.3, 0.4) is 0 Å². The molecule has 0 spiro atoms. The average Bonchev–Trinajstić information content (AvgIpc) is 2.56. The van der Waals surface area contributed by atoms with Gasteiger partial charge in [-0.3, -0.25) is 4.79 Å². The summed E-state index contributed by atoms with van der Waals surface area (Å²) in [5.74, 6) is 0.0682. The largest absolute Gasteiger partial charge is 0.341 e. The van der Waals surface area contributed by atoms with Crippen molar-refractivity contribution in [3.63, 3.8) is 0 Å². The Kier molecular flexibility index (Phi) is 2.65. The number of aromatic nitrogens is 1. The monoisotopic (exact) mass is 213 g/mol. The topological polar surface area (TPSA) is 22.0 Å². The number of carbonyl (C=O) groups is 1. The first-order valence-electron chi connectivity index (χ1n) is 5.33. The van der Waals surface area contributed by atoms with Crippen molar-refractivity contribution in [3.05, 3.63) is 47.7 Å². The Bertz CT molecular complexity index is 571. The van der Waals surface area contributed by atoms with E-state index in [1.54, 1.807) is 6.08 Å². The molecule has 0 aliphatic heterocycles. The van der Waals surface area contributed by atoms with Crippen molar-refractivity contribution in [2.75, 3.05) is 0 Å². The molecule has 0 aliphatic rings. The molecule has 2 nitrogen and oxygen atoms in total. The van der Waals surface area contributed by atoms with E-state index in [1.807, 2.05) is 55.8 Å². The van der Waals surface area contributed by atoms with Crippen LogP contribution in [0.4, 0.5) is 0 Å².